The Hall–Kier alpha value is -2.05. The fourth-order valence-corrected chi connectivity index (χ4v) is 4.52. The number of rotatable bonds is 4. The second-order valence-corrected chi connectivity index (χ2v) is 9.64. The molecule has 3 rings (SSSR count). The average molecular weight is 405 g/mol. The van der Waals surface area contributed by atoms with E-state index in [1.807, 2.05) is 39.5 Å². The zero-order valence-electron chi connectivity index (χ0n) is 18.3. The highest BCUT2D eigenvalue weighted by molar-refractivity contribution is 5.79. The second kappa shape index (κ2) is 9.18. The number of carbonyl (C=O) groups is 2. The number of imidazole rings is 1. The number of carbonyl (C=O) groups excluding carboxylic acids is 2. The minimum Gasteiger partial charge on any atom is -0.444 e. The van der Waals surface area contributed by atoms with Crippen LogP contribution in [0.1, 0.15) is 65.3 Å². The molecule has 0 unspecified atom stereocenters. The molecule has 0 aromatic carbocycles. The molecule has 0 atom stereocenters. The molecule has 2 amide bonds. The summed E-state index contributed by atoms with van der Waals surface area (Å²) in [5.41, 5.74) is -0.471. The van der Waals surface area contributed by atoms with Crippen LogP contribution in [0, 0.1) is 11.8 Å². The summed E-state index contributed by atoms with van der Waals surface area (Å²) in [6.07, 6.45) is 11.3. The molecule has 7 heteroatoms. The molecule has 1 aliphatic carbocycles. The summed E-state index contributed by atoms with van der Waals surface area (Å²) in [6.45, 7) is 8.02. The van der Waals surface area contributed by atoms with Crippen molar-refractivity contribution in [3.63, 3.8) is 0 Å². The van der Waals surface area contributed by atoms with Gasteiger partial charge < -0.3 is 19.1 Å². The van der Waals surface area contributed by atoms with Crippen LogP contribution in [0.2, 0.25) is 0 Å². The average Bonchev–Trinajstić information content (AvgIpc) is 3.21. The van der Waals surface area contributed by atoms with E-state index in [4.69, 9.17) is 4.74 Å². The molecule has 0 spiro atoms. The number of amides is 2. The monoisotopic (exact) mass is 404 g/mol. The molecule has 7 nitrogen and oxygen atoms in total. The SMILES string of the molecule is CN(C[C@H]1CC[C@H](C(=O)N2CCC(n3ccnc3)CC2)CC1)C(=O)OC(C)(C)C. The Kier molecular flexibility index (Phi) is 6.85. The number of piperidine rings is 1. The van der Waals surface area contributed by atoms with Crippen LogP contribution in [0.15, 0.2) is 18.7 Å². The fraction of sp³-hybridized carbons (Fsp3) is 0.773. The molecule has 1 saturated heterocycles. The van der Waals surface area contributed by atoms with E-state index in [0.29, 0.717) is 24.4 Å². The van der Waals surface area contributed by atoms with Gasteiger partial charge >= 0.3 is 6.09 Å². The summed E-state index contributed by atoms with van der Waals surface area (Å²) >= 11 is 0. The van der Waals surface area contributed by atoms with E-state index in [1.54, 1.807) is 11.9 Å². The lowest BCUT2D eigenvalue weighted by atomic mass is 9.81. The van der Waals surface area contributed by atoms with Gasteiger partial charge in [0.15, 0.2) is 0 Å². The topological polar surface area (TPSA) is 67.7 Å². The summed E-state index contributed by atoms with van der Waals surface area (Å²) in [5, 5.41) is 0. The van der Waals surface area contributed by atoms with Gasteiger partial charge in [0.2, 0.25) is 5.91 Å². The number of aromatic nitrogens is 2. The highest BCUT2D eigenvalue weighted by atomic mass is 16.6. The summed E-state index contributed by atoms with van der Waals surface area (Å²) in [4.78, 5) is 33.0. The van der Waals surface area contributed by atoms with E-state index in [-0.39, 0.29) is 12.0 Å². The highest BCUT2D eigenvalue weighted by Crippen LogP contribution is 2.32. The third-order valence-corrected chi connectivity index (χ3v) is 6.16. The molecular formula is C22H36N4O3. The van der Waals surface area contributed by atoms with E-state index in [0.717, 1.165) is 51.6 Å². The maximum atomic E-state index is 13.0. The van der Waals surface area contributed by atoms with Gasteiger partial charge in [0.1, 0.15) is 5.60 Å². The lowest BCUT2D eigenvalue weighted by Crippen LogP contribution is -2.43. The molecule has 2 fully saturated rings. The Morgan fingerprint density at radius 2 is 1.76 bits per heavy atom. The van der Waals surface area contributed by atoms with Crippen molar-refractivity contribution in [1.29, 1.82) is 0 Å². The van der Waals surface area contributed by atoms with E-state index < -0.39 is 5.60 Å². The van der Waals surface area contributed by atoms with Crippen molar-refractivity contribution in [2.45, 2.75) is 70.9 Å². The maximum absolute atomic E-state index is 13.0. The number of hydrogen-bond donors (Lipinski definition) is 0. The van der Waals surface area contributed by atoms with Crippen LogP contribution in [0.25, 0.3) is 0 Å². The van der Waals surface area contributed by atoms with E-state index in [9.17, 15) is 9.59 Å². The first kappa shape index (κ1) is 21.7. The quantitative estimate of drug-likeness (QED) is 0.767. The first-order valence-electron chi connectivity index (χ1n) is 10.9. The van der Waals surface area contributed by atoms with Crippen LogP contribution in [-0.4, -0.2) is 63.6 Å². The van der Waals surface area contributed by atoms with Crippen LogP contribution in [0.5, 0.6) is 0 Å². The van der Waals surface area contributed by atoms with Gasteiger partial charge in [-0.05, 0) is 65.2 Å². The van der Waals surface area contributed by atoms with Crippen molar-refractivity contribution in [1.82, 2.24) is 19.4 Å². The van der Waals surface area contributed by atoms with Gasteiger partial charge in [-0.15, -0.1) is 0 Å². The first-order chi connectivity index (χ1) is 13.7. The Morgan fingerprint density at radius 1 is 1.10 bits per heavy atom. The number of hydrogen-bond acceptors (Lipinski definition) is 4. The Morgan fingerprint density at radius 3 is 2.31 bits per heavy atom. The number of nitrogens with zero attached hydrogens (tertiary/aromatic N) is 4. The summed E-state index contributed by atoms with van der Waals surface area (Å²) in [7, 11) is 1.80. The van der Waals surface area contributed by atoms with Gasteiger partial charge in [-0.2, -0.15) is 0 Å². The minimum atomic E-state index is -0.471. The Bertz CT molecular complexity index is 667. The van der Waals surface area contributed by atoms with Crippen LogP contribution >= 0.6 is 0 Å². The van der Waals surface area contributed by atoms with E-state index in [2.05, 4.69) is 14.5 Å². The molecule has 0 bridgehead atoms. The van der Waals surface area contributed by atoms with Gasteiger partial charge in [-0.25, -0.2) is 9.78 Å². The predicted octanol–water partition coefficient (Wildman–Crippen LogP) is 3.72. The highest BCUT2D eigenvalue weighted by Gasteiger charge is 2.32. The molecule has 2 aliphatic rings. The summed E-state index contributed by atoms with van der Waals surface area (Å²) < 4.78 is 7.60. The molecule has 1 aromatic heterocycles. The molecule has 1 saturated carbocycles. The van der Waals surface area contributed by atoms with Gasteiger partial charge in [-0.3, -0.25) is 4.79 Å². The van der Waals surface area contributed by atoms with E-state index in [1.165, 1.54) is 0 Å². The molecule has 2 heterocycles. The van der Waals surface area contributed by atoms with Crippen LogP contribution < -0.4 is 0 Å². The lowest BCUT2D eigenvalue weighted by Gasteiger charge is -2.37. The molecule has 1 aliphatic heterocycles. The van der Waals surface area contributed by atoms with Crippen molar-refractivity contribution < 1.29 is 14.3 Å². The van der Waals surface area contributed by atoms with Gasteiger partial charge in [0.05, 0.1) is 6.33 Å². The third-order valence-electron chi connectivity index (χ3n) is 6.16. The molecule has 162 valence electrons. The van der Waals surface area contributed by atoms with Crippen molar-refractivity contribution in [2.24, 2.45) is 11.8 Å². The summed E-state index contributed by atoms with van der Waals surface area (Å²) in [5.74, 6) is 0.916. The maximum Gasteiger partial charge on any atom is 0.410 e. The second-order valence-electron chi connectivity index (χ2n) is 9.64. The zero-order valence-corrected chi connectivity index (χ0v) is 18.3. The molecule has 1 aromatic rings. The van der Waals surface area contributed by atoms with Crippen molar-refractivity contribution in [3.05, 3.63) is 18.7 Å². The molecule has 0 radical (unpaired) electrons. The third kappa shape index (κ3) is 5.97. The largest absolute Gasteiger partial charge is 0.444 e. The fourth-order valence-electron chi connectivity index (χ4n) is 4.52. The first-order valence-corrected chi connectivity index (χ1v) is 10.9. The van der Waals surface area contributed by atoms with Gasteiger partial charge in [0, 0.05) is 51.0 Å². The standard InChI is InChI=1S/C22H36N4O3/c1-22(2,3)29-21(28)24(4)15-17-5-7-18(8-6-17)20(27)25-12-9-19(10-13-25)26-14-11-23-16-26/h11,14,16-19H,5-10,12-13,15H2,1-4H3/t17-,18-. The van der Waals surface area contributed by atoms with Crippen molar-refractivity contribution in [2.75, 3.05) is 26.7 Å². The molecule has 0 N–H and O–H groups in total. The smallest absolute Gasteiger partial charge is 0.410 e. The molecule has 29 heavy (non-hydrogen) atoms. The Balaban J connectivity index is 1.40. The zero-order chi connectivity index (χ0) is 21.0. The van der Waals surface area contributed by atoms with Gasteiger partial charge in [0.25, 0.3) is 0 Å². The lowest BCUT2D eigenvalue weighted by molar-refractivity contribution is -0.138. The van der Waals surface area contributed by atoms with Crippen molar-refractivity contribution in [3.8, 4) is 0 Å². The summed E-state index contributed by atoms with van der Waals surface area (Å²) in [6, 6.07) is 0.459. The number of ether oxygens (including phenoxy) is 1. The predicted molar refractivity (Wildman–Crippen MR) is 111 cm³/mol. The van der Waals surface area contributed by atoms with Gasteiger partial charge in [-0.1, -0.05) is 0 Å². The number of likely N-dealkylation sites (tertiary alicyclic amines) is 1. The Labute approximate surface area is 174 Å². The van der Waals surface area contributed by atoms with Crippen LogP contribution in [0.3, 0.4) is 0 Å². The normalized spacial score (nSPS) is 23.7. The van der Waals surface area contributed by atoms with E-state index >= 15 is 0 Å². The minimum absolute atomic E-state index is 0.142. The van der Waals surface area contributed by atoms with Crippen LogP contribution in [0.4, 0.5) is 4.79 Å². The van der Waals surface area contributed by atoms with Crippen LogP contribution in [-0.2, 0) is 9.53 Å². The molecular weight excluding hydrogens is 368 g/mol. The van der Waals surface area contributed by atoms with Crippen molar-refractivity contribution >= 4 is 12.0 Å².